The van der Waals surface area contributed by atoms with Crippen LogP contribution in [0.15, 0.2) is 54.9 Å². The number of benzene rings is 2. The number of pyridine rings is 2. The average molecular weight is 282 g/mol. The van der Waals surface area contributed by atoms with E-state index in [1.165, 1.54) is 33.0 Å². The second kappa shape index (κ2) is 4.14. The van der Waals surface area contributed by atoms with Crippen LogP contribution in [0.5, 0.6) is 0 Å². The maximum absolute atomic E-state index is 4.76. The van der Waals surface area contributed by atoms with E-state index < -0.39 is 0 Å². The van der Waals surface area contributed by atoms with Crippen LogP contribution in [0.4, 0.5) is 0 Å². The summed E-state index contributed by atoms with van der Waals surface area (Å²) >= 11 is 0. The molecule has 0 amide bonds. The molecule has 2 heteroatoms. The molecule has 104 valence electrons. The van der Waals surface area contributed by atoms with Crippen LogP contribution >= 0.6 is 0 Å². The molecule has 2 aromatic carbocycles. The van der Waals surface area contributed by atoms with Crippen LogP contribution in [-0.2, 0) is 6.42 Å². The normalized spacial score (nSPS) is 12.6. The second-order valence-electron chi connectivity index (χ2n) is 5.97. The highest BCUT2D eigenvalue weighted by Crippen LogP contribution is 2.43. The highest BCUT2D eigenvalue weighted by molar-refractivity contribution is 5.99. The SMILES string of the molecule is Cc1cc2ccccc2c2c1-c1ncc3cccnc3c1C2. The van der Waals surface area contributed by atoms with Gasteiger partial charge in [-0.3, -0.25) is 9.97 Å². The number of aryl methyl sites for hydroxylation is 1. The quantitative estimate of drug-likeness (QED) is 0.413. The van der Waals surface area contributed by atoms with Gasteiger partial charge in [-0.2, -0.15) is 0 Å². The first-order chi connectivity index (χ1) is 10.8. The van der Waals surface area contributed by atoms with E-state index in [9.17, 15) is 0 Å². The van der Waals surface area contributed by atoms with Crippen molar-refractivity contribution in [2.45, 2.75) is 13.3 Å². The summed E-state index contributed by atoms with van der Waals surface area (Å²) in [6, 6.07) is 15.0. The molecule has 5 rings (SSSR count). The molecular formula is C20H14N2. The van der Waals surface area contributed by atoms with Gasteiger partial charge in [-0.15, -0.1) is 0 Å². The average Bonchev–Trinajstić information content (AvgIpc) is 2.96. The summed E-state index contributed by atoms with van der Waals surface area (Å²) in [5.74, 6) is 0. The molecule has 1 aliphatic carbocycles. The van der Waals surface area contributed by atoms with Crippen LogP contribution in [-0.4, -0.2) is 9.97 Å². The summed E-state index contributed by atoms with van der Waals surface area (Å²) in [5, 5.41) is 3.77. The lowest BCUT2D eigenvalue weighted by molar-refractivity contribution is 1.24. The Balaban J connectivity index is 1.92. The molecule has 0 fully saturated rings. The molecular weight excluding hydrogens is 268 g/mol. The predicted octanol–water partition coefficient (Wildman–Crippen LogP) is 4.66. The molecule has 0 saturated heterocycles. The number of aromatic nitrogens is 2. The Morgan fingerprint density at radius 2 is 1.77 bits per heavy atom. The fraction of sp³-hybridized carbons (Fsp3) is 0.100. The molecule has 22 heavy (non-hydrogen) atoms. The van der Waals surface area contributed by atoms with Gasteiger partial charge in [-0.25, -0.2) is 0 Å². The number of fused-ring (bicyclic) bond motifs is 7. The Hall–Kier alpha value is -2.74. The molecule has 0 atom stereocenters. The monoisotopic (exact) mass is 282 g/mol. The van der Waals surface area contributed by atoms with E-state index in [0.29, 0.717) is 0 Å². The minimum absolute atomic E-state index is 0.925. The van der Waals surface area contributed by atoms with Crippen LogP contribution in [0.2, 0.25) is 0 Å². The van der Waals surface area contributed by atoms with Crippen molar-refractivity contribution in [1.82, 2.24) is 9.97 Å². The van der Waals surface area contributed by atoms with Crippen molar-refractivity contribution >= 4 is 21.7 Å². The van der Waals surface area contributed by atoms with Crippen molar-refractivity contribution in [2.24, 2.45) is 0 Å². The van der Waals surface area contributed by atoms with Gasteiger partial charge in [0.2, 0.25) is 0 Å². The third-order valence-corrected chi connectivity index (χ3v) is 4.69. The first kappa shape index (κ1) is 11.9. The molecule has 0 unspecified atom stereocenters. The van der Waals surface area contributed by atoms with E-state index in [1.54, 1.807) is 0 Å². The van der Waals surface area contributed by atoms with Gasteiger partial charge in [0.25, 0.3) is 0 Å². The van der Waals surface area contributed by atoms with E-state index in [0.717, 1.165) is 23.0 Å². The molecule has 2 heterocycles. The molecule has 0 saturated carbocycles. The maximum atomic E-state index is 4.76. The molecule has 0 aliphatic heterocycles. The van der Waals surface area contributed by atoms with E-state index in [4.69, 9.17) is 4.98 Å². The second-order valence-corrected chi connectivity index (χ2v) is 5.97. The van der Waals surface area contributed by atoms with Gasteiger partial charge in [0.1, 0.15) is 0 Å². The first-order valence-electron chi connectivity index (χ1n) is 7.57. The molecule has 0 spiro atoms. The zero-order chi connectivity index (χ0) is 14.7. The number of rotatable bonds is 0. The lowest BCUT2D eigenvalue weighted by Gasteiger charge is -2.09. The predicted molar refractivity (Wildman–Crippen MR) is 90.0 cm³/mol. The highest BCUT2D eigenvalue weighted by Gasteiger charge is 2.26. The molecule has 1 aliphatic rings. The number of nitrogens with zero attached hydrogens (tertiary/aromatic N) is 2. The summed E-state index contributed by atoms with van der Waals surface area (Å²) in [6.45, 7) is 2.19. The van der Waals surface area contributed by atoms with Crippen LogP contribution < -0.4 is 0 Å². The van der Waals surface area contributed by atoms with Crippen LogP contribution in [0.1, 0.15) is 16.7 Å². The number of hydrogen-bond donors (Lipinski definition) is 0. The van der Waals surface area contributed by atoms with Gasteiger partial charge in [0.05, 0.1) is 11.2 Å². The zero-order valence-corrected chi connectivity index (χ0v) is 12.3. The van der Waals surface area contributed by atoms with Crippen molar-refractivity contribution in [1.29, 1.82) is 0 Å². The molecule has 2 aromatic heterocycles. The lowest BCUT2D eigenvalue weighted by Crippen LogP contribution is -1.90. The van der Waals surface area contributed by atoms with Gasteiger partial charge >= 0.3 is 0 Å². The largest absolute Gasteiger partial charge is 0.256 e. The van der Waals surface area contributed by atoms with Crippen molar-refractivity contribution in [3.8, 4) is 11.3 Å². The van der Waals surface area contributed by atoms with Gasteiger partial charge in [-0.1, -0.05) is 30.3 Å². The van der Waals surface area contributed by atoms with Crippen molar-refractivity contribution in [3.63, 3.8) is 0 Å². The van der Waals surface area contributed by atoms with Gasteiger partial charge in [0, 0.05) is 35.3 Å². The molecule has 0 radical (unpaired) electrons. The van der Waals surface area contributed by atoms with E-state index in [1.807, 2.05) is 18.5 Å². The molecule has 4 aromatic rings. The van der Waals surface area contributed by atoms with Crippen LogP contribution in [0.3, 0.4) is 0 Å². The van der Waals surface area contributed by atoms with Crippen LogP contribution in [0.25, 0.3) is 32.9 Å². The third-order valence-electron chi connectivity index (χ3n) is 4.69. The number of hydrogen-bond acceptors (Lipinski definition) is 2. The smallest absolute Gasteiger partial charge is 0.0774 e. The Morgan fingerprint density at radius 1 is 0.909 bits per heavy atom. The summed E-state index contributed by atoms with van der Waals surface area (Å²) in [6.07, 6.45) is 4.75. The van der Waals surface area contributed by atoms with E-state index in [-0.39, 0.29) is 0 Å². The first-order valence-corrected chi connectivity index (χ1v) is 7.57. The van der Waals surface area contributed by atoms with Gasteiger partial charge < -0.3 is 0 Å². The Kier molecular flexibility index (Phi) is 2.23. The third kappa shape index (κ3) is 1.44. The minimum Gasteiger partial charge on any atom is -0.256 e. The molecule has 0 N–H and O–H groups in total. The Labute approximate surface area is 128 Å². The summed E-state index contributed by atoms with van der Waals surface area (Å²) in [5.41, 5.74) is 7.48. The summed E-state index contributed by atoms with van der Waals surface area (Å²) in [7, 11) is 0. The minimum atomic E-state index is 0.925. The molecule has 0 bridgehead atoms. The van der Waals surface area contributed by atoms with Gasteiger partial charge in [-0.05, 0) is 41.0 Å². The molecule has 2 nitrogen and oxygen atoms in total. The fourth-order valence-electron chi connectivity index (χ4n) is 3.75. The topological polar surface area (TPSA) is 25.8 Å². The van der Waals surface area contributed by atoms with E-state index in [2.05, 4.69) is 48.3 Å². The zero-order valence-electron chi connectivity index (χ0n) is 12.3. The van der Waals surface area contributed by atoms with Crippen molar-refractivity contribution in [2.75, 3.05) is 0 Å². The summed E-state index contributed by atoms with van der Waals surface area (Å²) in [4.78, 5) is 9.36. The van der Waals surface area contributed by atoms with E-state index >= 15 is 0 Å². The van der Waals surface area contributed by atoms with Gasteiger partial charge in [0.15, 0.2) is 0 Å². The summed E-state index contributed by atoms with van der Waals surface area (Å²) < 4.78 is 0. The van der Waals surface area contributed by atoms with Crippen LogP contribution in [0, 0.1) is 6.92 Å². The highest BCUT2D eigenvalue weighted by atomic mass is 14.7. The lowest BCUT2D eigenvalue weighted by atomic mass is 9.96. The standard InChI is InChI=1S/C20H14N2/c1-12-9-13-5-2-3-7-15(13)16-10-17-19-14(6-4-8-21-19)11-22-20(17)18(12)16/h2-9,11H,10H2,1H3. The maximum Gasteiger partial charge on any atom is 0.0774 e. The Morgan fingerprint density at radius 3 is 2.73 bits per heavy atom. The van der Waals surface area contributed by atoms with Crippen molar-refractivity contribution < 1.29 is 0 Å². The fourth-order valence-corrected chi connectivity index (χ4v) is 3.75. The van der Waals surface area contributed by atoms with Crippen molar-refractivity contribution in [3.05, 3.63) is 71.5 Å². The Bertz CT molecular complexity index is 1060.